The molecule has 0 aliphatic carbocycles. The molecule has 7 heteroatoms. The normalized spacial score (nSPS) is 37.3. The molecule has 102 valence electrons. The lowest BCUT2D eigenvalue weighted by Crippen LogP contribution is -2.59. The van der Waals surface area contributed by atoms with Gasteiger partial charge in [-0.25, -0.2) is 0 Å². The molecular weight excluding hydrogens is 242 g/mol. The van der Waals surface area contributed by atoms with E-state index >= 15 is 0 Å². The lowest BCUT2D eigenvalue weighted by Gasteiger charge is -2.39. The second-order valence-corrected chi connectivity index (χ2v) is 3.93. The molecule has 0 bridgehead atoms. The highest BCUT2D eigenvalue weighted by Gasteiger charge is 2.43. The van der Waals surface area contributed by atoms with Gasteiger partial charge in [-0.15, -0.1) is 0 Å². The largest absolute Gasteiger partial charge is 0.394 e. The van der Waals surface area contributed by atoms with Crippen molar-refractivity contribution in [1.29, 1.82) is 5.26 Å². The lowest BCUT2D eigenvalue weighted by molar-refractivity contribution is -0.298. The average molecular weight is 259 g/mol. The zero-order valence-electron chi connectivity index (χ0n) is 9.93. The van der Waals surface area contributed by atoms with E-state index in [4.69, 9.17) is 19.8 Å². The molecule has 1 aliphatic rings. The minimum absolute atomic E-state index is 0.0876. The molecule has 1 fully saturated rings. The van der Waals surface area contributed by atoms with Crippen LogP contribution in [0.1, 0.15) is 6.92 Å². The summed E-state index contributed by atoms with van der Waals surface area (Å²) in [6.07, 6.45) is -5.00. The van der Waals surface area contributed by atoms with Crippen LogP contribution in [0, 0.1) is 11.3 Å². The van der Waals surface area contributed by atoms with E-state index in [0.29, 0.717) is 5.57 Å². The van der Waals surface area contributed by atoms with Crippen molar-refractivity contribution in [3.05, 3.63) is 11.6 Å². The van der Waals surface area contributed by atoms with Gasteiger partial charge < -0.3 is 29.9 Å². The number of ether oxygens (including phenoxy) is 2. The van der Waals surface area contributed by atoms with Crippen LogP contribution >= 0.6 is 0 Å². The van der Waals surface area contributed by atoms with Crippen LogP contribution < -0.4 is 0 Å². The van der Waals surface area contributed by atoms with Crippen molar-refractivity contribution in [2.45, 2.75) is 37.6 Å². The molecule has 0 saturated carbocycles. The van der Waals surface area contributed by atoms with Gasteiger partial charge in [0.1, 0.15) is 24.4 Å². The molecule has 0 aromatic carbocycles. The van der Waals surface area contributed by atoms with Gasteiger partial charge in [0.25, 0.3) is 0 Å². The van der Waals surface area contributed by atoms with Crippen LogP contribution in [0.15, 0.2) is 11.6 Å². The molecule has 0 aromatic heterocycles. The first-order chi connectivity index (χ1) is 8.54. The summed E-state index contributed by atoms with van der Waals surface area (Å²) >= 11 is 0. The third-order valence-electron chi connectivity index (χ3n) is 2.74. The fourth-order valence-electron chi connectivity index (χ4n) is 1.56. The molecule has 1 heterocycles. The Hall–Kier alpha value is -1.01. The van der Waals surface area contributed by atoms with Gasteiger partial charge in [0.05, 0.1) is 24.9 Å². The van der Waals surface area contributed by atoms with Gasteiger partial charge >= 0.3 is 0 Å². The standard InChI is InChI=1S/C11H17NO6/c1-2-6(3-12)5-17-11-10(16)9(15)8(14)7(4-13)18-11/h2,7-11,13-16H,4-5H2,1H3/b6-2+/t7-,8-,9+,10-,11-/m1/s1. The highest BCUT2D eigenvalue weighted by atomic mass is 16.7. The summed E-state index contributed by atoms with van der Waals surface area (Å²) in [7, 11) is 0. The van der Waals surface area contributed by atoms with E-state index in [1.165, 1.54) is 0 Å². The number of aliphatic hydroxyl groups excluding tert-OH is 4. The minimum atomic E-state index is -1.47. The smallest absolute Gasteiger partial charge is 0.187 e. The van der Waals surface area contributed by atoms with Crippen molar-refractivity contribution in [3.63, 3.8) is 0 Å². The van der Waals surface area contributed by atoms with Gasteiger partial charge in [0.2, 0.25) is 0 Å². The van der Waals surface area contributed by atoms with Crippen molar-refractivity contribution in [3.8, 4) is 6.07 Å². The summed E-state index contributed by atoms with van der Waals surface area (Å²) in [4.78, 5) is 0. The fourth-order valence-corrected chi connectivity index (χ4v) is 1.56. The SMILES string of the molecule is C/C=C(\C#N)CO[C@@H]1O[C@H](CO)[C@@H](O)[C@H](O)[C@H]1O. The Balaban J connectivity index is 2.62. The summed E-state index contributed by atoms with van der Waals surface area (Å²) < 4.78 is 10.2. The van der Waals surface area contributed by atoms with Gasteiger partial charge in [0, 0.05) is 0 Å². The van der Waals surface area contributed by atoms with Crippen molar-refractivity contribution in [1.82, 2.24) is 0 Å². The van der Waals surface area contributed by atoms with Crippen LogP contribution in [-0.2, 0) is 9.47 Å². The van der Waals surface area contributed by atoms with E-state index in [2.05, 4.69) is 0 Å². The number of allylic oxidation sites excluding steroid dienone is 1. The first kappa shape index (κ1) is 15.0. The summed E-state index contributed by atoms with van der Waals surface area (Å²) in [6, 6.07) is 1.89. The van der Waals surface area contributed by atoms with Crippen LogP contribution in [0.2, 0.25) is 0 Å². The molecule has 7 nitrogen and oxygen atoms in total. The molecule has 0 unspecified atom stereocenters. The molecule has 1 saturated heterocycles. The fraction of sp³-hybridized carbons (Fsp3) is 0.727. The Bertz CT molecular complexity index is 337. The van der Waals surface area contributed by atoms with Crippen molar-refractivity contribution >= 4 is 0 Å². The maximum absolute atomic E-state index is 9.64. The second-order valence-electron chi connectivity index (χ2n) is 3.93. The number of nitriles is 1. The summed E-state index contributed by atoms with van der Waals surface area (Å²) in [5.74, 6) is 0. The van der Waals surface area contributed by atoms with E-state index < -0.39 is 37.3 Å². The molecule has 0 aromatic rings. The van der Waals surface area contributed by atoms with Crippen LogP contribution in [0.4, 0.5) is 0 Å². The maximum atomic E-state index is 9.64. The van der Waals surface area contributed by atoms with Crippen LogP contribution in [0.3, 0.4) is 0 Å². The van der Waals surface area contributed by atoms with Crippen LogP contribution in [0.25, 0.3) is 0 Å². The summed E-state index contributed by atoms with van der Waals surface area (Å²) in [6.45, 7) is 1.06. The Morgan fingerprint density at radius 2 is 2.00 bits per heavy atom. The first-order valence-corrected chi connectivity index (χ1v) is 5.52. The van der Waals surface area contributed by atoms with E-state index in [0.717, 1.165) is 0 Å². The topological polar surface area (TPSA) is 123 Å². The lowest BCUT2D eigenvalue weighted by atomic mass is 9.99. The van der Waals surface area contributed by atoms with Gasteiger partial charge in [-0.05, 0) is 6.92 Å². The Kier molecular flexibility index (Phi) is 5.68. The molecule has 5 atom stereocenters. The molecule has 0 spiro atoms. The summed E-state index contributed by atoms with van der Waals surface area (Å²) in [5, 5.41) is 46.3. The zero-order valence-corrected chi connectivity index (χ0v) is 9.93. The molecule has 1 aliphatic heterocycles. The van der Waals surface area contributed by atoms with E-state index in [-0.39, 0.29) is 6.61 Å². The predicted octanol–water partition coefficient (Wildman–Crippen LogP) is -1.73. The molecule has 0 amide bonds. The number of rotatable bonds is 4. The molecule has 0 radical (unpaired) electrons. The third-order valence-corrected chi connectivity index (χ3v) is 2.74. The Labute approximate surface area is 104 Å². The van der Waals surface area contributed by atoms with E-state index in [1.54, 1.807) is 13.0 Å². The van der Waals surface area contributed by atoms with Crippen LogP contribution in [0.5, 0.6) is 0 Å². The number of nitrogens with zero attached hydrogens (tertiary/aromatic N) is 1. The molecular formula is C11H17NO6. The second kappa shape index (κ2) is 6.80. The highest BCUT2D eigenvalue weighted by Crippen LogP contribution is 2.22. The first-order valence-electron chi connectivity index (χ1n) is 5.52. The summed E-state index contributed by atoms with van der Waals surface area (Å²) in [5.41, 5.74) is 0.340. The highest BCUT2D eigenvalue weighted by molar-refractivity contribution is 5.19. The van der Waals surface area contributed by atoms with Crippen molar-refractivity contribution < 1.29 is 29.9 Å². The van der Waals surface area contributed by atoms with Crippen molar-refractivity contribution in [2.75, 3.05) is 13.2 Å². The maximum Gasteiger partial charge on any atom is 0.187 e. The quantitative estimate of drug-likeness (QED) is 0.442. The number of hydrogen-bond acceptors (Lipinski definition) is 7. The predicted molar refractivity (Wildman–Crippen MR) is 59.1 cm³/mol. The van der Waals surface area contributed by atoms with Gasteiger partial charge in [0.15, 0.2) is 6.29 Å². The molecule has 1 rings (SSSR count). The zero-order chi connectivity index (χ0) is 13.7. The van der Waals surface area contributed by atoms with E-state index in [1.807, 2.05) is 6.07 Å². The number of hydrogen-bond donors (Lipinski definition) is 4. The van der Waals surface area contributed by atoms with Gasteiger partial charge in [-0.2, -0.15) is 5.26 Å². The van der Waals surface area contributed by atoms with E-state index in [9.17, 15) is 15.3 Å². The Morgan fingerprint density at radius 1 is 1.33 bits per heavy atom. The Morgan fingerprint density at radius 3 is 2.50 bits per heavy atom. The monoisotopic (exact) mass is 259 g/mol. The van der Waals surface area contributed by atoms with Gasteiger partial charge in [-0.1, -0.05) is 6.08 Å². The van der Waals surface area contributed by atoms with Gasteiger partial charge in [-0.3, -0.25) is 0 Å². The minimum Gasteiger partial charge on any atom is -0.394 e. The number of aliphatic hydroxyl groups is 4. The average Bonchev–Trinajstić information content (AvgIpc) is 2.39. The van der Waals surface area contributed by atoms with Crippen molar-refractivity contribution in [2.24, 2.45) is 0 Å². The molecule has 18 heavy (non-hydrogen) atoms. The third kappa shape index (κ3) is 3.26. The van der Waals surface area contributed by atoms with Crippen LogP contribution in [-0.4, -0.2) is 64.3 Å². The molecule has 4 N–H and O–H groups in total.